The minimum atomic E-state index is 0.618. The predicted molar refractivity (Wildman–Crippen MR) is 95.5 cm³/mol. The SMILES string of the molecule is CCc1cccc(C)c1NCCNc1ccc(OC)c(Cl)c1. The molecule has 2 aromatic carbocycles. The molecule has 118 valence electrons. The molecule has 0 unspecified atom stereocenters. The zero-order chi connectivity index (χ0) is 15.9. The van der Waals surface area contributed by atoms with Crippen molar-refractivity contribution in [3.63, 3.8) is 0 Å². The first-order chi connectivity index (χ1) is 10.7. The van der Waals surface area contributed by atoms with E-state index in [4.69, 9.17) is 16.3 Å². The van der Waals surface area contributed by atoms with Gasteiger partial charge in [-0.3, -0.25) is 0 Å². The average molecular weight is 319 g/mol. The molecule has 2 rings (SSSR count). The van der Waals surface area contributed by atoms with E-state index in [0.29, 0.717) is 10.8 Å². The van der Waals surface area contributed by atoms with Crippen molar-refractivity contribution in [3.05, 3.63) is 52.5 Å². The number of aryl methyl sites for hydroxylation is 2. The maximum Gasteiger partial charge on any atom is 0.137 e. The molecule has 4 heteroatoms. The third-order valence-electron chi connectivity index (χ3n) is 3.65. The molecule has 0 aromatic heterocycles. The van der Waals surface area contributed by atoms with E-state index in [1.54, 1.807) is 7.11 Å². The molecule has 0 amide bonds. The Morgan fingerprint density at radius 2 is 1.86 bits per heavy atom. The average Bonchev–Trinajstić information content (AvgIpc) is 2.52. The van der Waals surface area contributed by atoms with Crippen molar-refractivity contribution >= 4 is 23.0 Å². The van der Waals surface area contributed by atoms with Gasteiger partial charge < -0.3 is 15.4 Å². The van der Waals surface area contributed by atoms with Gasteiger partial charge in [0.2, 0.25) is 0 Å². The number of para-hydroxylation sites is 1. The maximum atomic E-state index is 6.12. The third kappa shape index (κ3) is 4.08. The van der Waals surface area contributed by atoms with Crippen LogP contribution in [0.2, 0.25) is 5.02 Å². The molecule has 3 nitrogen and oxygen atoms in total. The first-order valence-electron chi connectivity index (χ1n) is 7.55. The molecule has 0 atom stereocenters. The van der Waals surface area contributed by atoms with Crippen LogP contribution in [-0.4, -0.2) is 20.2 Å². The van der Waals surface area contributed by atoms with Crippen LogP contribution >= 0.6 is 11.6 Å². The number of benzene rings is 2. The van der Waals surface area contributed by atoms with Crippen LogP contribution < -0.4 is 15.4 Å². The fourth-order valence-electron chi connectivity index (χ4n) is 2.45. The molecule has 0 fully saturated rings. The van der Waals surface area contributed by atoms with Crippen molar-refractivity contribution in [1.29, 1.82) is 0 Å². The lowest BCUT2D eigenvalue weighted by Crippen LogP contribution is -2.15. The number of methoxy groups -OCH3 is 1. The highest BCUT2D eigenvalue weighted by Gasteiger charge is 2.04. The zero-order valence-corrected chi connectivity index (χ0v) is 14.1. The number of rotatable bonds is 7. The molecule has 2 N–H and O–H groups in total. The first kappa shape index (κ1) is 16.5. The second kappa shape index (κ2) is 7.95. The van der Waals surface area contributed by atoms with E-state index in [0.717, 1.165) is 25.2 Å². The maximum absolute atomic E-state index is 6.12. The molecular formula is C18H23ClN2O. The summed E-state index contributed by atoms with van der Waals surface area (Å²) in [6.45, 7) is 5.98. The number of nitrogens with one attached hydrogen (secondary N) is 2. The Bertz CT molecular complexity index is 628. The Hall–Kier alpha value is -1.87. The van der Waals surface area contributed by atoms with Crippen molar-refractivity contribution in [3.8, 4) is 5.75 Å². The third-order valence-corrected chi connectivity index (χ3v) is 3.94. The molecule has 0 radical (unpaired) electrons. The van der Waals surface area contributed by atoms with Crippen LogP contribution in [0.4, 0.5) is 11.4 Å². The van der Waals surface area contributed by atoms with E-state index in [9.17, 15) is 0 Å². The highest BCUT2D eigenvalue weighted by Crippen LogP contribution is 2.27. The molecule has 0 heterocycles. The van der Waals surface area contributed by atoms with Gasteiger partial charge in [-0.2, -0.15) is 0 Å². The Morgan fingerprint density at radius 3 is 2.55 bits per heavy atom. The number of ether oxygens (including phenoxy) is 1. The van der Waals surface area contributed by atoms with E-state index in [1.807, 2.05) is 18.2 Å². The molecule has 0 aliphatic heterocycles. The normalized spacial score (nSPS) is 10.4. The number of hydrogen-bond donors (Lipinski definition) is 2. The van der Waals surface area contributed by atoms with E-state index < -0.39 is 0 Å². The van der Waals surface area contributed by atoms with E-state index in [2.05, 4.69) is 42.7 Å². The summed E-state index contributed by atoms with van der Waals surface area (Å²) in [6, 6.07) is 12.1. The van der Waals surface area contributed by atoms with Gasteiger partial charge in [0.1, 0.15) is 5.75 Å². The number of halogens is 1. The fraction of sp³-hybridized carbons (Fsp3) is 0.333. The fourth-order valence-corrected chi connectivity index (χ4v) is 2.70. The highest BCUT2D eigenvalue weighted by atomic mass is 35.5. The van der Waals surface area contributed by atoms with Gasteiger partial charge in [-0.05, 0) is 42.7 Å². The molecule has 0 bridgehead atoms. The van der Waals surface area contributed by atoms with Crippen LogP contribution in [0.25, 0.3) is 0 Å². The summed E-state index contributed by atoms with van der Waals surface area (Å²) < 4.78 is 5.15. The van der Waals surface area contributed by atoms with Crippen molar-refractivity contribution in [1.82, 2.24) is 0 Å². The minimum Gasteiger partial charge on any atom is -0.495 e. The lowest BCUT2D eigenvalue weighted by atomic mass is 10.1. The Balaban J connectivity index is 1.89. The lowest BCUT2D eigenvalue weighted by molar-refractivity contribution is 0.415. The van der Waals surface area contributed by atoms with E-state index in [-0.39, 0.29) is 0 Å². The van der Waals surface area contributed by atoms with Crippen molar-refractivity contribution < 1.29 is 4.74 Å². The number of anilines is 2. The topological polar surface area (TPSA) is 33.3 Å². The second-order valence-electron chi connectivity index (χ2n) is 5.17. The predicted octanol–water partition coefficient (Wildman–Crippen LogP) is 4.74. The summed E-state index contributed by atoms with van der Waals surface area (Å²) in [5.74, 6) is 0.692. The molecule has 0 saturated heterocycles. The number of hydrogen-bond acceptors (Lipinski definition) is 3. The van der Waals surface area contributed by atoms with Gasteiger partial charge in [-0.1, -0.05) is 36.7 Å². The van der Waals surface area contributed by atoms with E-state index >= 15 is 0 Å². The summed E-state index contributed by atoms with van der Waals surface area (Å²) in [6.07, 6.45) is 1.03. The molecule has 2 aromatic rings. The van der Waals surface area contributed by atoms with Crippen LogP contribution in [-0.2, 0) is 6.42 Å². The summed E-state index contributed by atoms with van der Waals surface area (Å²) >= 11 is 6.12. The van der Waals surface area contributed by atoms with Crippen LogP contribution in [0.3, 0.4) is 0 Å². The summed E-state index contributed by atoms with van der Waals surface area (Å²) in [4.78, 5) is 0. The smallest absolute Gasteiger partial charge is 0.137 e. The zero-order valence-electron chi connectivity index (χ0n) is 13.4. The largest absolute Gasteiger partial charge is 0.495 e. The Kier molecular flexibility index (Phi) is 5.96. The van der Waals surface area contributed by atoms with Gasteiger partial charge in [0.05, 0.1) is 12.1 Å². The summed E-state index contributed by atoms with van der Waals surface area (Å²) in [5.41, 5.74) is 4.88. The molecule has 22 heavy (non-hydrogen) atoms. The van der Waals surface area contributed by atoms with Gasteiger partial charge in [-0.25, -0.2) is 0 Å². The van der Waals surface area contributed by atoms with Gasteiger partial charge in [0, 0.05) is 24.5 Å². The highest BCUT2D eigenvalue weighted by molar-refractivity contribution is 6.32. The molecule has 0 aliphatic carbocycles. The van der Waals surface area contributed by atoms with Crippen molar-refractivity contribution in [2.75, 3.05) is 30.8 Å². The standard InChI is InChI=1S/C18H23ClN2O/c1-4-14-7-5-6-13(2)18(14)21-11-10-20-15-8-9-17(22-3)16(19)12-15/h5-9,12,20-21H,4,10-11H2,1-3H3. The molecular weight excluding hydrogens is 296 g/mol. The van der Waals surface area contributed by atoms with E-state index in [1.165, 1.54) is 16.8 Å². The van der Waals surface area contributed by atoms with Crippen LogP contribution in [0.5, 0.6) is 5.75 Å². The Morgan fingerprint density at radius 1 is 1.09 bits per heavy atom. The van der Waals surface area contributed by atoms with Crippen LogP contribution in [0, 0.1) is 6.92 Å². The monoisotopic (exact) mass is 318 g/mol. The first-order valence-corrected chi connectivity index (χ1v) is 7.93. The summed E-state index contributed by atoms with van der Waals surface area (Å²) in [7, 11) is 1.62. The van der Waals surface area contributed by atoms with Crippen molar-refractivity contribution in [2.24, 2.45) is 0 Å². The summed E-state index contributed by atoms with van der Waals surface area (Å²) in [5, 5.41) is 7.50. The quantitative estimate of drug-likeness (QED) is 0.723. The van der Waals surface area contributed by atoms with Gasteiger partial charge in [-0.15, -0.1) is 0 Å². The lowest BCUT2D eigenvalue weighted by Gasteiger charge is -2.15. The van der Waals surface area contributed by atoms with Crippen LogP contribution in [0.1, 0.15) is 18.1 Å². The molecule has 0 aliphatic rings. The van der Waals surface area contributed by atoms with Crippen molar-refractivity contribution in [2.45, 2.75) is 20.3 Å². The van der Waals surface area contributed by atoms with Gasteiger partial charge in [0.15, 0.2) is 0 Å². The van der Waals surface area contributed by atoms with Crippen LogP contribution in [0.15, 0.2) is 36.4 Å². The Labute approximate surface area is 137 Å². The minimum absolute atomic E-state index is 0.618. The molecule has 0 spiro atoms. The van der Waals surface area contributed by atoms with Gasteiger partial charge in [0.25, 0.3) is 0 Å². The molecule has 0 saturated carbocycles. The van der Waals surface area contributed by atoms with Gasteiger partial charge >= 0.3 is 0 Å². The second-order valence-corrected chi connectivity index (χ2v) is 5.57.